The van der Waals surface area contributed by atoms with E-state index in [4.69, 9.17) is 40.5 Å². The second-order valence-electron chi connectivity index (χ2n) is 4.75. The van der Waals surface area contributed by atoms with E-state index in [1.807, 2.05) is 0 Å². The van der Waals surface area contributed by atoms with E-state index in [1.54, 1.807) is 0 Å². The minimum atomic E-state index is -1.77. The van der Waals surface area contributed by atoms with E-state index in [0.29, 0.717) is 10.6 Å². The molecule has 0 saturated carbocycles. The van der Waals surface area contributed by atoms with Crippen molar-refractivity contribution in [2.24, 2.45) is 5.73 Å². The van der Waals surface area contributed by atoms with Gasteiger partial charge in [-0.05, 0) is 24.8 Å². The Hall–Kier alpha value is -0.690. The van der Waals surface area contributed by atoms with Crippen LogP contribution in [0.2, 0.25) is 0 Å². The molecule has 9 heteroatoms. The Bertz CT molecular complexity index is 583. The van der Waals surface area contributed by atoms with Gasteiger partial charge in [-0.2, -0.15) is 0 Å². The van der Waals surface area contributed by atoms with Crippen LogP contribution >= 0.6 is 46.1 Å². The minimum absolute atomic E-state index is 0.358. The lowest BCUT2D eigenvalue weighted by molar-refractivity contribution is -0.119. The molecule has 1 aromatic rings. The van der Waals surface area contributed by atoms with Crippen LogP contribution < -0.4 is 16.4 Å². The standard InChI is InChI=1S/C12H14Cl3N3O2S/c1-5(19)17-11(12(13,14)15)18-10-8(9(16)20)6-3-2-4-7(6)21-10/h11,18H,2-4H2,1H3,(H2,16,20)(H,17,19)/t11-/m0/s1. The fourth-order valence-corrected chi connectivity index (χ4v) is 3.95. The maximum absolute atomic E-state index is 11.7. The molecule has 0 aromatic carbocycles. The summed E-state index contributed by atoms with van der Waals surface area (Å²) in [6.45, 7) is 1.31. The molecule has 4 N–H and O–H groups in total. The Labute approximate surface area is 141 Å². The van der Waals surface area contributed by atoms with Crippen molar-refractivity contribution in [3.63, 3.8) is 0 Å². The van der Waals surface area contributed by atoms with Crippen molar-refractivity contribution in [3.8, 4) is 0 Å². The first-order valence-corrected chi connectivity index (χ1v) is 8.20. The Balaban J connectivity index is 2.33. The number of hydrogen-bond acceptors (Lipinski definition) is 4. The summed E-state index contributed by atoms with van der Waals surface area (Å²) in [6.07, 6.45) is 1.75. The molecule has 1 aromatic heterocycles. The third-order valence-corrected chi connectivity index (χ3v) is 5.00. The third kappa shape index (κ3) is 3.74. The molecule has 1 aliphatic rings. The molecular formula is C12H14Cl3N3O2S. The average Bonchev–Trinajstić information content (AvgIpc) is 2.84. The lowest BCUT2D eigenvalue weighted by atomic mass is 10.1. The number of nitrogens with two attached hydrogens (primary N) is 1. The number of nitrogens with one attached hydrogen (secondary N) is 2. The van der Waals surface area contributed by atoms with Crippen molar-refractivity contribution in [2.75, 3.05) is 5.32 Å². The molecule has 0 aliphatic heterocycles. The summed E-state index contributed by atoms with van der Waals surface area (Å²) in [5.41, 5.74) is 6.85. The van der Waals surface area contributed by atoms with Gasteiger partial charge in [-0.3, -0.25) is 9.59 Å². The Kier molecular flexibility index (Phi) is 4.92. The summed E-state index contributed by atoms with van der Waals surface area (Å²) in [5, 5.41) is 5.95. The van der Waals surface area contributed by atoms with Gasteiger partial charge in [0.25, 0.3) is 5.91 Å². The molecule has 2 rings (SSSR count). The van der Waals surface area contributed by atoms with E-state index in [0.717, 1.165) is 29.7 Å². The molecule has 0 spiro atoms. The molecular weight excluding hydrogens is 357 g/mol. The third-order valence-electron chi connectivity index (χ3n) is 3.12. The smallest absolute Gasteiger partial charge is 0.251 e. The molecule has 0 saturated heterocycles. The number of amides is 2. The van der Waals surface area contributed by atoms with Gasteiger partial charge in [0.15, 0.2) is 0 Å². The van der Waals surface area contributed by atoms with E-state index in [2.05, 4.69) is 10.6 Å². The predicted molar refractivity (Wildman–Crippen MR) is 86.4 cm³/mol. The highest BCUT2D eigenvalue weighted by atomic mass is 35.6. The fraction of sp³-hybridized carbons (Fsp3) is 0.500. The van der Waals surface area contributed by atoms with Crippen LogP contribution in [0.15, 0.2) is 0 Å². The number of halogens is 3. The summed E-state index contributed by atoms with van der Waals surface area (Å²) in [6, 6.07) is 0. The van der Waals surface area contributed by atoms with Crippen molar-refractivity contribution in [2.45, 2.75) is 36.1 Å². The van der Waals surface area contributed by atoms with E-state index in [9.17, 15) is 9.59 Å². The largest absolute Gasteiger partial charge is 0.365 e. The Morgan fingerprint density at radius 1 is 1.33 bits per heavy atom. The lowest BCUT2D eigenvalue weighted by Gasteiger charge is -2.26. The van der Waals surface area contributed by atoms with Crippen LogP contribution in [0.5, 0.6) is 0 Å². The van der Waals surface area contributed by atoms with Gasteiger partial charge in [0.2, 0.25) is 9.70 Å². The molecule has 2 amide bonds. The highest BCUT2D eigenvalue weighted by Crippen LogP contribution is 2.40. The zero-order chi connectivity index (χ0) is 15.8. The maximum Gasteiger partial charge on any atom is 0.251 e. The Morgan fingerprint density at radius 3 is 2.52 bits per heavy atom. The molecule has 1 heterocycles. The first kappa shape index (κ1) is 16.7. The SMILES string of the molecule is CC(=O)N[C@@H](Nc1sc2c(c1C(N)=O)CCC2)C(Cl)(Cl)Cl. The summed E-state index contributed by atoms with van der Waals surface area (Å²) in [7, 11) is 0. The summed E-state index contributed by atoms with van der Waals surface area (Å²) < 4.78 is -1.77. The number of fused-ring (bicyclic) bond motifs is 1. The van der Waals surface area contributed by atoms with E-state index in [-0.39, 0.29) is 5.91 Å². The molecule has 21 heavy (non-hydrogen) atoms. The van der Waals surface area contributed by atoms with Crippen molar-refractivity contribution in [3.05, 3.63) is 16.0 Å². The van der Waals surface area contributed by atoms with Crippen molar-refractivity contribution in [1.82, 2.24) is 5.32 Å². The van der Waals surface area contributed by atoms with Crippen molar-refractivity contribution in [1.29, 1.82) is 0 Å². The van der Waals surface area contributed by atoms with Crippen LogP contribution in [0.4, 0.5) is 5.00 Å². The second kappa shape index (κ2) is 6.20. The molecule has 5 nitrogen and oxygen atoms in total. The first-order chi connectivity index (χ1) is 9.70. The van der Waals surface area contributed by atoms with Crippen LogP contribution in [-0.4, -0.2) is 21.8 Å². The van der Waals surface area contributed by atoms with Gasteiger partial charge < -0.3 is 16.4 Å². The highest BCUT2D eigenvalue weighted by Gasteiger charge is 2.35. The zero-order valence-corrected chi connectivity index (χ0v) is 14.2. The van der Waals surface area contributed by atoms with Crippen molar-refractivity contribution >= 4 is 63.0 Å². The topological polar surface area (TPSA) is 84.2 Å². The van der Waals surface area contributed by atoms with Crippen LogP contribution in [0.3, 0.4) is 0 Å². The van der Waals surface area contributed by atoms with Gasteiger partial charge in [0.1, 0.15) is 11.2 Å². The molecule has 0 unspecified atom stereocenters. The van der Waals surface area contributed by atoms with Crippen LogP contribution in [0.25, 0.3) is 0 Å². The zero-order valence-electron chi connectivity index (χ0n) is 11.1. The number of primary amides is 1. The summed E-state index contributed by atoms with van der Waals surface area (Å²) in [5.74, 6) is -0.883. The van der Waals surface area contributed by atoms with Crippen LogP contribution in [0.1, 0.15) is 34.1 Å². The molecule has 0 fully saturated rings. The number of alkyl halides is 3. The van der Waals surface area contributed by atoms with Crippen LogP contribution in [-0.2, 0) is 17.6 Å². The quantitative estimate of drug-likeness (QED) is 0.562. The minimum Gasteiger partial charge on any atom is -0.365 e. The maximum atomic E-state index is 11.7. The van der Waals surface area contributed by atoms with Gasteiger partial charge in [-0.15, -0.1) is 11.3 Å². The van der Waals surface area contributed by atoms with Gasteiger partial charge in [0, 0.05) is 11.8 Å². The molecule has 0 bridgehead atoms. The Morgan fingerprint density at radius 2 is 2.00 bits per heavy atom. The molecule has 0 radical (unpaired) electrons. The summed E-state index contributed by atoms with van der Waals surface area (Å²) >= 11 is 19.0. The number of rotatable bonds is 4. The van der Waals surface area contributed by atoms with E-state index < -0.39 is 15.9 Å². The molecule has 116 valence electrons. The van der Waals surface area contributed by atoms with E-state index >= 15 is 0 Å². The number of anilines is 1. The van der Waals surface area contributed by atoms with Gasteiger partial charge >= 0.3 is 0 Å². The van der Waals surface area contributed by atoms with E-state index in [1.165, 1.54) is 18.3 Å². The summed E-state index contributed by atoms with van der Waals surface area (Å²) in [4.78, 5) is 24.0. The monoisotopic (exact) mass is 369 g/mol. The number of carbonyl (C=O) groups is 2. The average molecular weight is 371 g/mol. The predicted octanol–water partition coefficient (Wildman–Crippen LogP) is 2.58. The van der Waals surface area contributed by atoms with Gasteiger partial charge in [-0.25, -0.2) is 0 Å². The van der Waals surface area contributed by atoms with Gasteiger partial charge in [-0.1, -0.05) is 34.8 Å². The fourth-order valence-electron chi connectivity index (χ4n) is 2.30. The number of aryl methyl sites for hydroxylation is 1. The van der Waals surface area contributed by atoms with Crippen LogP contribution in [0, 0.1) is 0 Å². The normalized spacial score (nSPS) is 15.4. The van der Waals surface area contributed by atoms with Crippen molar-refractivity contribution < 1.29 is 9.59 Å². The second-order valence-corrected chi connectivity index (χ2v) is 8.22. The van der Waals surface area contributed by atoms with Gasteiger partial charge in [0.05, 0.1) is 5.56 Å². The first-order valence-electron chi connectivity index (χ1n) is 6.25. The molecule has 1 atom stereocenters. The number of thiophene rings is 1. The highest BCUT2D eigenvalue weighted by molar-refractivity contribution is 7.16. The number of carbonyl (C=O) groups excluding carboxylic acids is 2. The number of hydrogen-bond donors (Lipinski definition) is 3. The molecule has 1 aliphatic carbocycles. The lowest BCUT2D eigenvalue weighted by Crippen LogP contribution is -2.48.